The van der Waals surface area contributed by atoms with Crippen LogP contribution in [0.25, 0.3) is 0 Å². The van der Waals surface area contributed by atoms with Gasteiger partial charge in [0, 0.05) is 72.6 Å². The molecule has 2 aliphatic heterocycles. The number of esters is 1. The first-order valence-electron chi connectivity index (χ1n) is 14.5. The van der Waals surface area contributed by atoms with Gasteiger partial charge in [-0.3, -0.25) is 19.7 Å². The van der Waals surface area contributed by atoms with Gasteiger partial charge in [-0.15, -0.1) is 0 Å². The Hall–Kier alpha value is -4.70. The lowest BCUT2D eigenvalue weighted by Gasteiger charge is -2.36. The van der Waals surface area contributed by atoms with Crippen LogP contribution in [0.15, 0.2) is 84.1 Å². The summed E-state index contributed by atoms with van der Waals surface area (Å²) in [4.78, 5) is 56.0. The highest BCUT2D eigenvalue weighted by atomic mass is 35.5. The topological polar surface area (TPSA) is 113 Å². The zero-order chi connectivity index (χ0) is 31.4. The molecule has 0 radical (unpaired) electrons. The molecule has 5 rings (SSSR count). The van der Waals surface area contributed by atoms with Crippen LogP contribution in [0.3, 0.4) is 0 Å². The highest BCUT2D eigenvalue weighted by molar-refractivity contribution is 6.30. The summed E-state index contributed by atoms with van der Waals surface area (Å²) in [5, 5.41) is 11.5. The maximum absolute atomic E-state index is 13.5. The molecule has 2 amide bonds. The summed E-state index contributed by atoms with van der Waals surface area (Å²) in [6.45, 7) is 6.09. The molecule has 3 aromatic rings. The van der Waals surface area contributed by atoms with Crippen molar-refractivity contribution in [2.45, 2.75) is 32.7 Å². The molecular formula is C33H33ClN4O6. The molecule has 0 spiro atoms. The number of anilines is 1. The van der Waals surface area contributed by atoms with E-state index in [0.29, 0.717) is 48.0 Å². The average molecular weight is 617 g/mol. The van der Waals surface area contributed by atoms with Gasteiger partial charge in [0.1, 0.15) is 0 Å². The number of amides is 2. The molecule has 0 aromatic heterocycles. The number of allylic oxidation sites excluding steroid dienone is 1. The fraction of sp³-hybridized carbons (Fsp3) is 0.303. The highest BCUT2D eigenvalue weighted by Crippen LogP contribution is 2.38. The van der Waals surface area contributed by atoms with Crippen LogP contribution in [0.4, 0.5) is 11.4 Å². The smallest absolute Gasteiger partial charge is 0.336 e. The van der Waals surface area contributed by atoms with Crippen molar-refractivity contribution >= 4 is 40.8 Å². The van der Waals surface area contributed by atoms with Crippen LogP contribution in [-0.2, 0) is 20.9 Å². The van der Waals surface area contributed by atoms with Crippen LogP contribution in [0, 0.1) is 10.1 Å². The molecule has 0 bridgehead atoms. The number of hydrogen-bond donors (Lipinski definition) is 0. The number of nitro groups is 1. The van der Waals surface area contributed by atoms with Crippen molar-refractivity contribution in [2.75, 3.05) is 37.7 Å². The molecule has 44 heavy (non-hydrogen) atoms. The van der Waals surface area contributed by atoms with Gasteiger partial charge in [0.05, 0.1) is 23.6 Å². The number of hydrogen-bond acceptors (Lipinski definition) is 7. The Morgan fingerprint density at radius 2 is 1.70 bits per heavy atom. The van der Waals surface area contributed by atoms with E-state index in [9.17, 15) is 24.5 Å². The van der Waals surface area contributed by atoms with Gasteiger partial charge in [0.15, 0.2) is 0 Å². The number of ether oxygens (including phenoxy) is 1. The zero-order valence-electron chi connectivity index (χ0n) is 24.6. The quantitative estimate of drug-likeness (QED) is 0.185. The third-order valence-electron chi connectivity index (χ3n) is 8.08. The van der Waals surface area contributed by atoms with E-state index in [-0.39, 0.29) is 37.1 Å². The van der Waals surface area contributed by atoms with Gasteiger partial charge < -0.3 is 19.4 Å². The first-order chi connectivity index (χ1) is 21.2. The highest BCUT2D eigenvalue weighted by Gasteiger charge is 2.37. The summed E-state index contributed by atoms with van der Waals surface area (Å²) in [5.41, 5.74) is 3.90. The average Bonchev–Trinajstić information content (AvgIpc) is 3.02. The second kappa shape index (κ2) is 13.3. The van der Waals surface area contributed by atoms with Crippen LogP contribution in [0.2, 0.25) is 5.02 Å². The molecule has 1 atom stereocenters. The summed E-state index contributed by atoms with van der Waals surface area (Å²) < 4.78 is 5.39. The second-order valence-electron chi connectivity index (χ2n) is 10.8. The number of carbonyl (C=O) groups excluding carboxylic acids is 3. The van der Waals surface area contributed by atoms with Crippen molar-refractivity contribution in [3.8, 4) is 0 Å². The van der Waals surface area contributed by atoms with E-state index in [0.717, 1.165) is 16.8 Å². The van der Waals surface area contributed by atoms with Crippen LogP contribution in [0.1, 0.15) is 47.7 Å². The van der Waals surface area contributed by atoms with Crippen LogP contribution < -0.4 is 4.90 Å². The van der Waals surface area contributed by atoms with Gasteiger partial charge in [0.25, 0.3) is 11.6 Å². The minimum absolute atomic E-state index is 0.0393. The number of halogens is 1. The van der Waals surface area contributed by atoms with Crippen molar-refractivity contribution in [3.63, 3.8) is 0 Å². The van der Waals surface area contributed by atoms with Gasteiger partial charge in [0.2, 0.25) is 5.91 Å². The van der Waals surface area contributed by atoms with E-state index in [1.54, 1.807) is 72.2 Å². The summed E-state index contributed by atoms with van der Waals surface area (Å²) in [6.07, 6.45) is 0.0868. The molecule has 3 aromatic carbocycles. The fourth-order valence-corrected chi connectivity index (χ4v) is 6.00. The predicted octanol–water partition coefficient (Wildman–Crippen LogP) is 5.56. The van der Waals surface area contributed by atoms with Crippen molar-refractivity contribution in [1.82, 2.24) is 9.80 Å². The molecule has 228 valence electrons. The van der Waals surface area contributed by atoms with Crippen LogP contribution in [-0.4, -0.2) is 65.3 Å². The van der Waals surface area contributed by atoms with Gasteiger partial charge in [-0.2, -0.15) is 0 Å². The maximum Gasteiger partial charge on any atom is 0.336 e. The fourth-order valence-electron chi connectivity index (χ4n) is 5.81. The molecule has 1 saturated heterocycles. The normalized spacial score (nSPS) is 17.1. The SMILES string of the molecule is CCOC(=O)C1=C(C)N(Cc2cccc(C(=O)N3CCN(c4ccc([N+](=O)[O-])cc4)CC3)c2)C(=O)C[C@@H]1c1cccc(Cl)c1. The molecular weight excluding hydrogens is 584 g/mol. The molecule has 0 unspecified atom stereocenters. The van der Waals surface area contributed by atoms with E-state index >= 15 is 0 Å². The van der Waals surface area contributed by atoms with Gasteiger partial charge in [-0.05, 0) is 61.4 Å². The lowest BCUT2D eigenvalue weighted by atomic mass is 9.83. The van der Waals surface area contributed by atoms with Gasteiger partial charge >= 0.3 is 5.97 Å². The van der Waals surface area contributed by atoms with E-state index in [1.165, 1.54) is 12.1 Å². The Bertz CT molecular complexity index is 1610. The third kappa shape index (κ3) is 6.60. The molecule has 2 aliphatic rings. The summed E-state index contributed by atoms with van der Waals surface area (Å²) in [6, 6.07) is 20.8. The molecule has 0 aliphatic carbocycles. The van der Waals surface area contributed by atoms with Crippen molar-refractivity contribution in [2.24, 2.45) is 0 Å². The molecule has 0 saturated carbocycles. The number of piperazine rings is 1. The summed E-state index contributed by atoms with van der Waals surface area (Å²) in [7, 11) is 0. The Labute approximate surface area is 260 Å². The minimum atomic E-state index is -0.478. The number of non-ortho nitro benzene ring substituents is 1. The zero-order valence-corrected chi connectivity index (χ0v) is 25.3. The minimum Gasteiger partial charge on any atom is -0.463 e. The van der Waals surface area contributed by atoms with Crippen molar-refractivity contribution < 1.29 is 24.0 Å². The van der Waals surface area contributed by atoms with E-state index < -0.39 is 16.8 Å². The van der Waals surface area contributed by atoms with Crippen molar-refractivity contribution in [3.05, 3.63) is 116 Å². The Kier molecular flexibility index (Phi) is 9.29. The number of nitrogens with zero attached hydrogens (tertiary/aromatic N) is 4. The second-order valence-corrected chi connectivity index (χ2v) is 11.2. The number of carbonyl (C=O) groups is 3. The molecule has 2 heterocycles. The Morgan fingerprint density at radius 1 is 1.00 bits per heavy atom. The Morgan fingerprint density at radius 3 is 2.36 bits per heavy atom. The molecule has 11 heteroatoms. The molecule has 1 fully saturated rings. The largest absolute Gasteiger partial charge is 0.463 e. The van der Waals surface area contributed by atoms with Crippen molar-refractivity contribution in [1.29, 1.82) is 0 Å². The third-order valence-corrected chi connectivity index (χ3v) is 8.31. The van der Waals surface area contributed by atoms with E-state index in [4.69, 9.17) is 16.3 Å². The van der Waals surface area contributed by atoms with E-state index in [2.05, 4.69) is 4.90 Å². The van der Waals surface area contributed by atoms with Crippen LogP contribution >= 0.6 is 11.6 Å². The van der Waals surface area contributed by atoms with Gasteiger partial charge in [-0.1, -0.05) is 35.9 Å². The first kappa shape index (κ1) is 30.7. The summed E-state index contributed by atoms with van der Waals surface area (Å²) >= 11 is 6.23. The van der Waals surface area contributed by atoms with E-state index in [1.807, 2.05) is 12.1 Å². The number of benzene rings is 3. The molecule has 10 nitrogen and oxygen atoms in total. The number of rotatable bonds is 8. The number of nitro benzene ring substituents is 1. The lowest BCUT2D eigenvalue weighted by Crippen LogP contribution is -2.48. The standard InChI is InChI=1S/C33H33ClN4O6/c1-3-44-33(41)31-22(2)37(30(39)20-29(31)24-7-5-9-26(34)19-24)21-23-6-4-8-25(18-23)32(40)36-16-14-35(15-17-36)27-10-12-28(13-11-27)38(42)43/h4-13,18-19,29H,3,14-17,20-21H2,1-2H3/t29-/m1/s1. The van der Waals surface area contributed by atoms with Crippen LogP contribution in [0.5, 0.6) is 0 Å². The predicted molar refractivity (Wildman–Crippen MR) is 166 cm³/mol. The first-order valence-corrected chi connectivity index (χ1v) is 14.9. The Balaban J connectivity index is 1.31. The molecule has 0 N–H and O–H groups in total. The summed E-state index contributed by atoms with van der Waals surface area (Å²) in [5.74, 6) is -1.20. The monoisotopic (exact) mass is 616 g/mol. The van der Waals surface area contributed by atoms with Gasteiger partial charge in [-0.25, -0.2) is 4.79 Å². The lowest BCUT2D eigenvalue weighted by molar-refractivity contribution is -0.384. The maximum atomic E-state index is 13.5.